The number of nitrogens with zero attached hydrogens (tertiary/aromatic N) is 4. The smallest absolute Gasteiger partial charge is 0.366 e. The van der Waals surface area contributed by atoms with Gasteiger partial charge in [-0.3, -0.25) is 4.68 Å². The molecular formula is C17H18F3N7O2S. The Balaban J connectivity index is 1.65. The number of aromatic nitrogens is 4. The molecule has 0 unspecified atom stereocenters. The van der Waals surface area contributed by atoms with Crippen molar-refractivity contribution in [1.29, 1.82) is 0 Å². The molecule has 9 nitrogen and oxygen atoms in total. The van der Waals surface area contributed by atoms with Crippen molar-refractivity contribution in [3.8, 4) is 0 Å². The molecule has 0 spiro atoms. The third-order valence-electron chi connectivity index (χ3n) is 3.92. The van der Waals surface area contributed by atoms with Crippen LogP contribution in [0, 0.1) is 6.92 Å². The summed E-state index contributed by atoms with van der Waals surface area (Å²) in [6.07, 6.45) is -1.65. The monoisotopic (exact) mass is 441 g/mol. The van der Waals surface area contributed by atoms with Gasteiger partial charge in [0.05, 0.1) is 16.3 Å². The van der Waals surface area contributed by atoms with Crippen molar-refractivity contribution in [2.24, 2.45) is 5.14 Å². The highest BCUT2D eigenvalue weighted by Crippen LogP contribution is 2.22. The van der Waals surface area contributed by atoms with Gasteiger partial charge in [0, 0.05) is 18.9 Å². The predicted molar refractivity (Wildman–Crippen MR) is 103 cm³/mol. The Morgan fingerprint density at radius 1 is 1.17 bits per heavy atom. The number of alkyl halides is 3. The van der Waals surface area contributed by atoms with Gasteiger partial charge in [0.15, 0.2) is 0 Å². The molecule has 0 atom stereocenters. The van der Waals surface area contributed by atoms with Gasteiger partial charge in [0.25, 0.3) is 0 Å². The van der Waals surface area contributed by atoms with Gasteiger partial charge in [0.1, 0.15) is 12.4 Å². The highest BCUT2D eigenvalue weighted by Gasteiger charge is 2.28. The Bertz CT molecular complexity index is 1130. The molecule has 3 rings (SSSR count). The maximum Gasteiger partial charge on any atom is 0.408 e. The largest absolute Gasteiger partial charge is 0.408 e. The van der Waals surface area contributed by atoms with Crippen molar-refractivity contribution >= 4 is 27.5 Å². The Morgan fingerprint density at radius 2 is 1.87 bits per heavy atom. The average Bonchev–Trinajstić information content (AvgIpc) is 2.97. The topological polar surface area (TPSA) is 128 Å². The summed E-state index contributed by atoms with van der Waals surface area (Å²) in [6.45, 7) is 0.731. The van der Waals surface area contributed by atoms with Crippen LogP contribution in [0.4, 0.5) is 30.6 Å². The summed E-state index contributed by atoms with van der Waals surface area (Å²) in [6, 6.07) is 7.65. The van der Waals surface area contributed by atoms with E-state index in [2.05, 4.69) is 25.7 Å². The zero-order valence-electron chi connectivity index (χ0n) is 15.7. The molecule has 1 aromatic carbocycles. The molecule has 160 valence electrons. The summed E-state index contributed by atoms with van der Waals surface area (Å²) in [5.74, 6) is 0.641. The Morgan fingerprint density at radius 3 is 2.50 bits per heavy atom. The maximum atomic E-state index is 12.5. The molecule has 0 aliphatic rings. The molecule has 0 aliphatic carbocycles. The van der Waals surface area contributed by atoms with Gasteiger partial charge in [-0.1, -0.05) is 12.1 Å². The molecule has 0 saturated heterocycles. The van der Waals surface area contributed by atoms with Crippen molar-refractivity contribution in [3.63, 3.8) is 0 Å². The van der Waals surface area contributed by atoms with Gasteiger partial charge in [-0.2, -0.15) is 23.3 Å². The van der Waals surface area contributed by atoms with E-state index in [-0.39, 0.29) is 10.8 Å². The third kappa shape index (κ3) is 5.90. The lowest BCUT2D eigenvalue weighted by Gasteiger charge is -2.08. The molecule has 13 heteroatoms. The SMILES string of the molecule is Cc1nn(CC(F)(F)F)cc1Nc1nccc(NCc2ccc(S(N)(=O)=O)cc2)n1. The average molecular weight is 441 g/mol. The van der Waals surface area contributed by atoms with Crippen LogP contribution < -0.4 is 15.8 Å². The molecule has 0 aliphatic heterocycles. The van der Waals surface area contributed by atoms with Gasteiger partial charge in [-0.25, -0.2) is 18.5 Å². The quantitative estimate of drug-likeness (QED) is 0.514. The number of benzene rings is 1. The summed E-state index contributed by atoms with van der Waals surface area (Å²) in [4.78, 5) is 8.32. The lowest BCUT2D eigenvalue weighted by atomic mass is 10.2. The number of nitrogens with one attached hydrogen (secondary N) is 2. The van der Waals surface area contributed by atoms with Crippen LogP contribution in [0.3, 0.4) is 0 Å². The molecule has 0 saturated carbocycles. The van der Waals surface area contributed by atoms with E-state index in [1.807, 2.05) is 0 Å². The fourth-order valence-corrected chi connectivity index (χ4v) is 3.05. The zero-order chi connectivity index (χ0) is 21.9. The molecule has 0 radical (unpaired) electrons. The van der Waals surface area contributed by atoms with Crippen LogP contribution in [0.25, 0.3) is 0 Å². The van der Waals surface area contributed by atoms with E-state index in [1.165, 1.54) is 24.5 Å². The Kier molecular flexibility index (Phi) is 5.94. The summed E-state index contributed by atoms with van der Waals surface area (Å²) in [5, 5.41) is 14.8. The van der Waals surface area contributed by atoms with Crippen LogP contribution in [0.5, 0.6) is 0 Å². The fraction of sp³-hybridized carbons (Fsp3) is 0.235. The number of nitrogens with two attached hydrogens (primary N) is 1. The van der Waals surface area contributed by atoms with E-state index >= 15 is 0 Å². The third-order valence-corrected chi connectivity index (χ3v) is 4.84. The van der Waals surface area contributed by atoms with Gasteiger partial charge in [0.2, 0.25) is 16.0 Å². The number of hydrogen-bond donors (Lipinski definition) is 3. The van der Waals surface area contributed by atoms with E-state index < -0.39 is 22.7 Å². The number of halogens is 3. The second kappa shape index (κ2) is 8.28. The van der Waals surface area contributed by atoms with Crippen LogP contribution in [-0.2, 0) is 23.1 Å². The van der Waals surface area contributed by atoms with Crippen molar-refractivity contribution in [2.75, 3.05) is 10.6 Å². The Hall–Kier alpha value is -3.19. The van der Waals surface area contributed by atoms with E-state index in [9.17, 15) is 21.6 Å². The van der Waals surface area contributed by atoms with Crippen molar-refractivity contribution < 1.29 is 21.6 Å². The zero-order valence-corrected chi connectivity index (χ0v) is 16.5. The molecule has 2 aromatic heterocycles. The first-order valence-corrected chi connectivity index (χ1v) is 10.1. The highest BCUT2D eigenvalue weighted by molar-refractivity contribution is 7.89. The minimum Gasteiger partial charge on any atom is -0.366 e. The van der Waals surface area contributed by atoms with Crippen molar-refractivity contribution in [1.82, 2.24) is 19.7 Å². The molecule has 30 heavy (non-hydrogen) atoms. The summed E-state index contributed by atoms with van der Waals surface area (Å²) < 4.78 is 60.9. The van der Waals surface area contributed by atoms with Crippen LogP contribution in [0.1, 0.15) is 11.3 Å². The number of anilines is 3. The molecular weight excluding hydrogens is 423 g/mol. The molecule has 4 N–H and O–H groups in total. The minimum atomic E-state index is -4.37. The molecule has 0 amide bonds. The van der Waals surface area contributed by atoms with E-state index in [1.54, 1.807) is 25.1 Å². The van der Waals surface area contributed by atoms with Crippen LogP contribution >= 0.6 is 0 Å². The van der Waals surface area contributed by atoms with Crippen LogP contribution in [0.2, 0.25) is 0 Å². The lowest BCUT2D eigenvalue weighted by Crippen LogP contribution is -2.17. The number of primary sulfonamides is 1. The number of sulfonamides is 1. The Labute approximate surface area is 170 Å². The first-order chi connectivity index (χ1) is 14.0. The molecule has 2 heterocycles. The fourth-order valence-electron chi connectivity index (χ4n) is 2.53. The highest BCUT2D eigenvalue weighted by atomic mass is 32.2. The second-order valence-electron chi connectivity index (χ2n) is 6.37. The van der Waals surface area contributed by atoms with E-state index in [0.717, 1.165) is 10.2 Å². The van der Waals surface area contributed by atoms with Crippen LogP contribution in [-0.4, -0.2) is 34.3 Å². The summed E-state index contributed by atoms with van der Waals surface area (Å²) in [5.41, 5.74) is 1.52. The lowest BCUT2D eigenvalue weighted by molar-refractivity contribution is -0.142. The maximum absolute atomic E-state index is 12.5. The summed E-state index contributed by atoms with van der Waals surface area (Å²) in [7, 11) is -3.75. The number of aryl methyl sites for hydroxylation is 1. The summed E-state index contributed by atoms with van der Waals surface area (Å²) >= 11 is 0. The van der Waals surface area contributed by atoms with Crippen LogP contribution in [0.15, 0.2) is 47.6 Å². The molecule has 3 aromatic rings. The van der Waals surface area contributed by atoms with E-state index in [4.69, 9.17) is 5.14 Å². The van der Waals surface area contributed by atoms with E-state index in [0.29, 0.717) is 23.7 Å². The van der Waals surface area contributed by atoms with Gasteiger partial charge in [-0.05, 0) is 30.7 Å². The van der Waals surface area contributed by atoms with Gasteiger partial charge < -0.3 is 10.6 Å². The van der Waals surface area contributed by atoms with Gasteiger partial charge in [-0.15, -0.1) is 0 Å². The first kappa shape index (κ1) is 21.5. The molecule has 0 fully saturated rings. The predicted octanol–water partition coefficient (Wildman–Crippen LogP) is 2.55. The first-order valence-electron chi connectivity index (χ1n) is 8.56. The van der Waals surface area contributed by atoms with Gasteiger partial charge >= 0.3 is 6.18 Å². The minimum absolute atomic E-state index is 0.0150. The number of hydrogen-bond acceptors (Lipinski definition) is 7. The van der Waals surface area contributed by atoms with Crippen molar-refractivity contribution in [2.45, 2.75) is 31.1 Å². The number of rotatable bonds is 7. The second-order valence-corrected chi connectivity index (χ2v) is 7.94. The van der Waals surface area contributed by atoms with Crippen molar-refractivity contribution in [3.05, 3.63) is 54.0 Å². The standard InChI is InChI=1S/C17H18F3N7O2S/c1-11-14(9-27(26-11)10-17(18,19)20)24-16-22-7-6-15(25-16)23-8-12-2-4-13(5-3-12)30(21,28)29/h2-7,9H,8,10H2,1H3,(H2,21,28,29)(H2,22,23,24,25). The normalized spacial score (nSPS) is 12.0. The molecule has 0 bridgehead atoms.